The van der Waals surface area contributed by atoms with Crippen molar-refractivity contribution in [1.29, 1.82) is 0 Å². The van der Waals surface area contributed by atoms with Crippen LogP contribution in [0.4, 0.5) is 4.39 Å². The third-order valence-electron chi connectivity index (χ3n) is 4.11. The molecule has 1 saturated heterocycles. The smallest absolute Gasteiger partial charge is 0.123 e. The van der Waals surface area contributed by atoms with E-state index < -0.39 is 6.10 Å². The fourth-order valence-electron chi connectivity index (χ4n) is 2.83. The number of benzene rings is 1. The van der Waals surface area contributed by atoms with E-state index in [1.807, 2.05) is 0 Å². The molecule has 0 amide bonds. The van der Waals surface area contributed by atoms with Crippen LogP contribution in [-0.4, -0.2) is 40.9 Å². The number of rotatable bonds is 5. The standard InChI is InChI=1S/C15H22FNO2/c1-11-5-7-17(14(11)10-18)8-6-15(19)12-3-2-4-13(16)9-12/h2-4,9,11,14-15,18-19H,5-8,10H2,1H3. The number of hydrogen-bond donors (Lipinski definition) is 2. The summed E-state index contributed by atoms with van der Waals surface area (Å²) in [5, 5.41) is 19.4. The first-order chi connectivity index (χ1) is 9.11. The second-order valence-electron chi connectivity index (χ2n) is 5.41. The largest absolute Gasteiger partial charge is 0.395 e. The number of hydrogen-bond acceptors (Lipinski definition) is 3. The van der Waals surface area contributed by atoms with Gasteiger partial charge < -0.3 is 10.2 Å². The second kappa shape index (κ2) is 6.46. The highest BCUT2D eigenvalue weighted by atomic mass is 19.1. The van der Waals surface area contributed by atoms with E-state index >= 15 is 0 Å². The fourth-order valence-corrected chi connectivity index (χ4v) is 2.83. The highest BCUT2D eigenvalue weighted by Gasteiger charge is 2.30. The van der Waals surface area contributed by atoms with Crippen LogP contribution in [0.15, 0.2) is 24.3 Å². The Kier molecular flexibility index (Phi) is 4.91. The monoisotopic (exact) mass is 267 g/mol. The molecule has 0 aliphatic carbocycles. The van der Waals surface area contributed by atoms with Crippen molar-refractivity contribution in [3.8, 4) is 0 Å². The molecule has 1 aliphatic rings. The molecule has 106 valence electrons. The van der Waals surface area contributed by atoms with E-state index in [0.29, 0.717) is 17.9 Å². The zero-order valence-corrected chi connectivity index (χ0v) is 11.3. The first-order valence-corrected chi connectivity index (χ1v) is 6.90. The minimum absolute atomic E-state index is 0.164. The van der Waals surface area contributed by atoms with Crippen LogP contribution >= 0.6 is 0 Å². The minimum Gasteiger partial charge on any atom is -0.395 e. The van der Waals surface area contributed by atoms with Crippen molar-refractivity contribution < 1.29 is 14.6 Å². The predicted octanol–water partition coefficient (Wildman–Crippen LogP) is 1.95. The maximum Gasteiger partial charge on any atom is 0.123 e. The van der Waals surface area contributed by atoms with Crippen molar-refractivity contribution in [3.63, 3.8) is 0 Å². The number of halogens is 1. The van der Waals surface area contributed by atoms with Crippen molar-refractivity contribution in [1.82, 2.24) is 4.90 Å². The van der Waals surface area contributed by atoms with Crippen molar-refractivity contribution in [2.24, 2.45) is 5.92 Å². The SMILES string of the molecule is CC1CCN(CCC(O)c2cccc(F)c2)C1CO. The van der Waals surface area contributed by atoms with Crippen LogP contribution in [0.1, 0.15) is 31.4 Å². The summed E-state index contributed by atoms with van der Waals surface area (Å²) >= 11 is 0. The van der Waals surface area contributed by atoms with Crippen molar-refractivity contribution >= 4 is 0 Å². The highest BCUT2D eigenvalue weighted by Crippen LogP contribution is 2.25. The normalized spacial score (nSPS) is 25.7. The third-order valence-corrected chi connectivity index (χ3v) is 4.11. The van der Waals surface area contributed by atoms with E-state index in [1.165, 1.54) is 12.1 Å². The van der Waals surface area contributed by atoms with Gasteiger partial charge in [0.05, 0.1) is 12.7 Å². The molecule has 3 unspecified atom stereocenters. The van der Waals surface area contributed by atoms with Crippen LogP contribution in [0.25, 0.3) is 0 Å². The Bertz CT molecular complexity index is 413. The first-order valence-electron chi connectivity index (χ1n) is 6.90. The zero-order valence-electron chi connectivity index (χ0n) is 11.3. The van der Waals surface area contributed by atoms with Crippen LogP contribution in [-0.2, 0) is 0 Å². The lowest BCUT2D eigenvalue weighted by atomic mass is 10.0. The minimum atomic E-state index is -0.647. The molecule has 0 bridgehead atoms. The van der Waals surface area contributed by atoms with Crippen LogP contribution in [0.2, 0.25) is 0 Å². The highest BCUT2D eigenvalue weighted by molar-refractivity contribution is 5.18. The molecular formula is C15H22FNO2. The Hall–Kier alpha value is -0.970. The molecule has 1 aliphatic heterocycles. The Morgan fingerprint density at radius 2 is 2.26 bits per heavy atom. The molecule has 1 fully saturated rings. The van der Waals surface area contributed by atoms with Gasteiger partial charge in [-0.15, -0.1) is 0 Å². The summed E-state index contributed by atoms with van der Waals surface area (Å²) in [4.78, 5) is 2.22. The van der Waals surface area contributed by atoms with E-state index in [9.17, 15) is 14.6 Å². The predicted molar refractivity (Wildman–Crippen MR) is 72.2 cm³/mol. The molecule has 3 nitrogen and oxygen atoms in total. The van der Waals surface area contributed by atoms with E-state index in [4.69, 9.17) is 0 Å². The first kappa shape index (κ1) is 14.4. The molecule has 4 heteroatoms. The lowest BCUT2D eigenvalue weighted by Crippen LogP contribution is -2.36. The van der Waals surface area contributed by atoms with Gasteiger partial charge in [0.2, 0.25) is 0 Å². The molecule has 2 N–H and O–H groups in total. The summed E-state index contributed by atoms with van der Waals surface area (Å²) in [6.45, 7) is 4.00. The van der Waals surface area contributed by atoms with Gasteiger partial charge in [0.1, 0.15) is 5.82 Å². The molecule has 0 saturated carbocycles. The number of nitrogens with zero attached hydrogens (tertiary/aromatic N) is 1. The molecular weight excluding hydrogens is 245 g/mol. The lowest BCUT2D eigenvalue weighted by Gasteiger charge is -2.26. The summed E-state index contributed by atoms with van der Waals surface area (Å²) < 4.78 is 13.1. The average Bonchev–Trinajstić information content (AvgIpc) is 2.76. The Balaban J connectivity index is 1.88. The van der Waals surface area contributed by atoms with Crippen molar-refractivity contribution in [2.45, 2.75) is 31.9 Å². The fraction of sp³-hybridized carbons (Fsp3) is 0.600. The molecule has 1 aromatic carbocycles. The maximum atomic E-state index is 13.1. The van der Waals surface area contributed by atoms with Crippen LogP contribution < -0.4 is 0 Å². The number of likely N-dealkylation sites (tertiary alicyclic amines) is 1. The van der Waals surface area contributed by atoms with Crippen LogP contribution in [0.3, 0.4) is 0 Å². The Morgan fingerprint density at radius 3 is 2.95 bits per heavy atom. The molecule has 0 spiro atoms. The Morgan fingerprint density at radius 1 is 1.47 bits per heavy atom. The van der Waals surface area contributed by atoms with Gasteiger partial charge in [0.25, 0.3) is 0 Å². The van der Waals surface area contributed by atoms with Gasteiger partial charge in [-0.1, -0.05) is 19.1 Å². The lowest BCUT2D eigenvalue weighted by molar-refractivity contribution is 0.107. The quantitative estimate of drug-likeness (QED) is 0.857. The average molecular weight is 267 g/mol. The van der Waals surface area contributed by atoms with E-state index in [-0.39, 0.29) is 18.5 Å². The molecule has 2 rings (SSSR count). The molecule has 1 heterocycles. The van der Waals surface area contributed by atoms with Gasteiger partial charge in [0, 0.05) is 12.6 Å². The summed E-state index contributed by atoms with van der Waals surface area (Å²) in [5.41, 5.74) is 0.618. The van der Waals surface area contributed by atoms with Crippen LogP contribution in [0, 0.1) is 11.7 Å². The zero-order chi connectivity index (χ0) is 13.8. The second-order valence-corrected chi connectivity index (χ2v) is 5.41. The topological polar surface area (TPSA) is 43.7 Å². The molecule has 0 aromatic heterocycles. The van der Waals surface area contributed by atoms with Crippen LogP contribution in [0.5, 0.6) is 0 Å². The number of aliphatic hydroxyl groups excluding tert-OH is 2. The van der Waals surface area contributed by atoms with Gasteiger partial charge in [0.15, 0.2) is 0 Å². The van der Waals surface area contributed by atoms with E-state index in [0.717, 1.165) is 19.5 Å². The molecule has 0 radical (unpaired) electrons. The molecule has 3 atom stereocenters. The molecule has 1 aromatic rings. The summed E-state index contributed by atoms with van der Waals surface area (Å²) in [6, 6.07) is 6.30. The summed E-state index contributed by atoms with van der Waals surface area (Å²) in [7, 11) is 0. The van der Waals surface area contributed by atoms with E-state index in [2.05, 4.69) is 11.8 Å². The third kappa shape index (κ3) is 3.53. The van der Waals surface area contributed by atoms with Crippen molar-refractivity contribution in [2.75, 3.05) is 19.7 Å². The Labute approximate surface area is 113 Å². The number of aliphatic hydroxyl groups is 2. The van der Waals surface area contributed by atoms with Gasteiger partial charge in [-0.25, -0.2) is 4.39 Å². The van der Waals surface area contributed by atoms with E-state index in [1.54, 1.807) is 12.1 Å². The van der Waals surface area contributed by atoms with Gasteiger partial charge in [-0.2, -0.15) is 0 Å². The van der Waals surface area contributed by atoms with Crippen molar-refractivity contribution in [3.05, 3.63) is 35.6 Å². The van der Waals surface area contributed by atoms with Gasteiger partial charge >= 0.3 is 0 Å². The summed E-state index contributed by atoms with van der Waals surface area (Å²) in [5.74, 6) is 0.177. The maximum absolute atomic E-state index is 13.1. The molecule has 19 heavy (non-hydrogen) atoms. The summed E-state index contributed by atoms with van der Waals surface area (Å²) in [6.07, 6.45) is 1.000. The van der Waals surface area contributed by atoms with Gasteiger partial charge in [-0.3, -0.25) is 4.90 Å². The van der Waals surface area contributed by atoms with Gasteiger partial charge in [-0.05, 0) is 43.0 Å².